The third-order valence-corrected chi connectivity index (χ3v) is 12.3. The van der Waals surface area contributed by atoms with Crippen LogP contribution in [0.15, 0.2) is 66.7 Å². The number of aromatic carboxylic acids is 1. The van der Waals surface area contributed by atoms with Crippen molar-refractivity contribution in [2.75, 3.05) is 23.4 Å². The predicted octanol–water partition coefficient (Wildman–Crippen LogP) is 10.1. The number of benzene rings is 3. The highest BCUT2D eigenvalue weighted by molar-refractivity contribution is 7.22. The maximum absolute atomic E-state index is 13.7. The van der Waals surface area contributed by atoms with Crippen molar-refractivity contribution >= 4 is 50.3 Å². The normalized spacial score (nSPS) is 17.1. The Kier molecular flexibility index (Phi) is 11.1. The summed E-state index contributed by atoms with van der Waals surface area (Å²) in [6.07, 6.45) is 6.21. The van der Waals surface area contributed by atoms with Gasteiger partial charge in [-0.1, -0.05) is 74.6 Å². The number of carbonyl (C=O) groups is 3. The zero-order valence-corrected chi connectivity index (χ0v) is 33.2. The number of pyridine rings is 1. The first-order valence-electron chi connectivity index (χ1n) is 19.5. The summed E-state index contributed by atoms with van der Waals surface area (Å²) < 4.78 is 6.15. The number of hydrogen-bond donors (Lipinski definition) is 2. The molecule has 1 aliphatic carbocycles. The average Bonchev–Trinajstić information content (AvgIpc) is 3.58. The first kappa shape index (κ1) is 38.2. The molecule has 3 aromatic carbocycles. The number of esters is 1. The Labute approximate surface area is 327 Å². The molecule has 55 heavy (non-hydrogen) atoms. The minimum atomic E-state index is -1.07. The lowest BCUT2D eigenvalue weighted by atomic mass is 9.74. The summed E-state index contributed by atoms with van der Waals surface area (Å²) in [6, 6.07) is 22.0. The molecule has 1 fully saturated rings. The second-order valence-electron chi connectivity index (χ2n) is 15.9. The lowest BCUT2D eigenvalue weighted by Crippen LogP contribution is -2.33. The van der Waals surface area contributed by atoms with E-state index < -0.39 is 11.4 Å². The number of hydrogen-bond acceptors (Lipinski definition) is 8. The molecule has 1 aliphatic heterocycles. The zero-order valence-electron chi connectivity index (χ0n) is 32.4. The molecule has 0 spiro atoms. The molecule has 2 N–H and O–H groups in total. The van der Waals surface area contributed by atoms with Crippen molar-refractivity contribution in [3.8, 4) is 11.1 Å². The van der Waals surface area contributed by atoms with E-state index in [1.807, 2.05) is 49.4 Å². The Hall–Kier alpha value is -5.09. The molecule has 7 rings (SSSR count). The maximum atomic E-state index is 13.7. The van der Waals surface area contributed by atoms with Gasteiger partial charge in [0.25, 0.3) is 5.91 Å². The second-order valence-corrected chi connectivity index (χ2v) is 17.0. The van der Waals surface area contributed by atoms with Crippen LogP contribution in [0.5, 0.6) is 0 Å². The van der Waals surface area contributed by atoms with Gasteiger partial charge in [0, 0.05) is 30.6 Å². The van der Waals surface area contributed by atoms with E-state index in [0.29, 0.717) is 66.5 Å². The molecule has 1 amide bonds. The van der Waals surface area contributed by atoms with Gasteiger partial charge in [-0.05, 0) is 127 Å². The van der Waals surface area contributed by atoms with Crippen LogP contribution in [0.4, 0.5) is 10.9 Å². The summed E-state index contributed by atoms with van der Waals surface area (Å²) in [4.78, 5) is 50.5. The van der Waals surface area contributed by atoms with Gasteiger partial charge in [0.05, 0.1) is 16.8 Å². The molecule has 1 saturated carbocycles. The van der Waals surface area contributed by atoms with Gasteiger partial charge >= 0.3 is 11.9 Å². The van der Waals surface area contributed by atoms with E-state index in [1.165, 1.54) is 16.9 Å². The molecule has 0 saturated heterocycles. The number of nitrogens with zero attached hydrogens (tertiary/aromatic N) is 3. The van der Waals surface area contributed by atoms with Crippen molar-refractivity contribution in [3.05, 3.63) is 106 Å². The molecule has 0 unspecified atom stereocenters. The van der Waals surface area contributed by atoms with Crippen molar-refractivity contribution in [2.24, 2.45) is 5.92 Å². The van der Waals surface area contributed by atoms with Gasteiger partial charge in [0.1, 0.15) is 5.82 Å². The van der Waals surface area contributed by atoms with Crippen molar-refractivity contribution < 1.29 is 24.2 Å². The number of para-hydroxylation sites is 1. The summed E-state index contributed by atoms with van der Waals surface area (Å²) in [5.41, 5.74) is 7.91. The molecular formula is C45H50N4O5S. The van der Waals surface area contributed by atoms with Crippen molar-refractivity contribution in [2.45, 2.75) is 97.4 Å². The van der Waals surface area contributed by atoms with Gasteiger partial charge in [-0.15, -0.1) is 0 Å². The Bertz CT molecular complexity index is 2220. The van der Waals surface area contributed by atoms with Crippen LogP contribution in [0, 0.1) is 12.8 Å². The van der Waals surface area contributed by atoms with Crippen molar-refractivity contribution in [1.82, 2.24) is 9.97 Å². The lowest BCUT2D eigenvalue weighted by Gasteiger charge is -2.34. The van der Waals surface area contributed by atoms with Crippen LogP contribution in [0.1, 0.15) is 121 Å². The molecule has 2 aliphatic rings. The van der Waals surface area contributed by atoms with Gasteiger partial charge < -0.3 is 14.7 Å². The van der Waals surface area contributed by atoms with E-state index in [1.54, 1.807) is 0 Å². The van der Waals surface area contributed by atoms with Crippen LogP contribution < -0.4 is 10.2 Å². The number of thiazole rings is 1. The number of nitrogens with one attached hydrogen (secondary N) is 1. The summed E-state index contributed by atoms with van der Waals surface area (Å²) in [7, 11) is 0. The van der Waals surface area contributed by atoms with Gasteiger partial charge in [0.15, 0.2) is 10.8 Å². The molecule has 0 atom stereocenters. The second kappa shape index (κ2) is 15.9. The third kappa shape index (κ3) is 8.15. The van der Waals surface area contributed by atoms with Gasteiger partial charge in [-0.2, -0.15) is 0 Å². The number of fused-ring (bicyclic) bond motifs is 2. The molecule has 3 heterocycles. The molecular weight excluding hydrogens is 709 g/mol. The number of aromatic nitrogens is 2. The largest absolute Gasteiger partial charge is 0.476 e. The van der Waals surface area contributed by atoms with Crippen molar-refractivity contribution in [1.29, 1.82) is 0 Å². The minimum Gasteiger partial charge on any atom is -0.476 e. The number of anilines is 2. The van der Waals surface area contributed by atoms with Gasteiger partial charge in [-0.3, -0.25) is 14.9 Å². The number of amides is 1. The van der Waals surface area contributed by atoms with Crippen LogP contribution in [0.2, 0.25) is 0 Å². The number of carboxylic acid groups (broad SMARTS) is 1. The fourth-order valence-electron chi connectivity index (χ4n) is 8.48. The SMILES string of the molecule is CCOC(=O)CCC1CCC(c2cccc(-c3c(C(C)(C)C)cc(N4CCc5cccc(C(=O)Nc6nc7ccccc7s6)c5C4)nc3C(=O)O)c2C)CC1. The number of carboxylic acids is 1. The minimum absolute atomic E-state index is 0.0398. The predicted molar refractivity (Wildman–Crippen MR) is 219 cm³/mol. The summed E-state index contributed by atoms with van der Waals surface area (Å²) in [5.74, 6) is 0.0685. The summed E-state index contributed by atoms with van der Waals surface area (Å²) >= 11 is 1.44. The number of rotatable bonds is 10. The first-order valence-corrected chi connectivity index (χ1v) is 20.3. The topological polar surface area (TPSA) is 122 Å². The van der Waals surface area contributed by atoms with Crippen LogP contribution in [0.25, 0.3) is 21.3 Å². The molecule has 9 nitrogen and oxygen atoms in total. The van der Waals surface area contributed by atoms with E-state index >= 15 is 0 Å². The smallest absolute Gasteiger partial charge is 0.355 e. The van der Waals surface area contributed by atoms with E-state index in [0.717, 1.165) is 70.1 Å². The Morgan fingerprint density at radius 3 is 2.47 bits per heavy atom. The third-order valence-electron chi connectivity index (χ3n) is 11.4. The van der Waals surface area contributed by atoms with Crippen molar-refractivity contribution in [3.63, 3.8) is 0 Å². The fraction of sp³-hybridized carbons (Fsp3) is 0.400. The van der Waals surface area contributed by atoms with E-state index in [-0.39, 0.29) is 17.6 Å². The molecule has 286 valence electrons. The number of ether oxygens (including phenoxy) is 1. The molecule has 0 radical (unpaired) electrons. The number of carbonyl (C=O) groups excluding carboxylic acids is 2. The fourth-order valence-corrected chi connectivity index (χ4v) is 9.34. The van der Waals surface area contributed by atoms with E-state index in [9.17, 15) is 19.5 Å². The van der Waals surface area contributed by atoms with Gasteiger partial charge in [-0.25, -0.2) is 14.8 Å². The molecule has 2 aromatic heterocycles. The van der Waals surface area contributed by atoms with E-state index in [2.05, 4.69) is 67.2 Å². The zero-order chi connectivity index (χ0) is 38.9. The highest BCUT2D eigenvalue weighted by atomic mass is 32.1. The Balaban J connectivity index is 1.18. The average molecular weight is 759 g/mol. The van der Waals surface area contributed by atoms with Crippen LogP contribution >= 0.6 is 11.3 Å². The first-order chi connectivity index (χ1) is 26.4. The standard InChI is InChI=1S/C45H50N4O5S/c1-6-54-39(50)22-19-28-17-20-30(21-18-28)31-12-10-13-32(27(31)2)40-35(45(3,4)5)25-38(47-41(40)43(52)53)49-24-23-29-11-9-14-33(34(29)26-49)42(51)48-44-46-36-15-7-8-16-37(36)55-44/h7-16,25,28,30H,6,17-24,26H2,1-5H3,(H,52,53)(H,46,48,51). The highest BCUT2D eigenvalue weighted by Gasteiger charge is 2.32. The molecule has 10 heteroatoms. The summed E-state index contributed by atoms with van der Waals surface area (Å²) in [6.45, 7) is 11.8. The Morgan fingerprint density at radius 2 is 1.75 bits per heavy atom. The van der Waals surface area contributed by atoms with Gasteiger partial charge in [0.2, 0.25) is 0 Å². The maximum Gasteiger partial charge on any atom is 0.355 e. The quantitative estimate of drug-likeness (QED) is 0.135. The van der Waals surface area contributed by atoms with Crippen LogP contribution in [0.3, 0.4) is 0 Å². The monoisotopic (exact) mass is 758 g/mol. The molecule has 0 bridgehead atoms. The highest BCUT2D eigenvalue weighted by Crippen LogP contribution is 2.44. The van der Waals surface area contributed by atoms with Crippen LogP contribution in [-0.2, 0) is 27.9 Å². The summed E-state index contributed by atoms with van der Waals surface area (Å²) in [5, 5.41) is 14.4. The Morgan fingerprint density at radius 1 is 0.982 bits per heavy atom. The van der Waals surface area contributed by atoms with E-state index in [4.69, 9.17) is 9.72 Å². The lowest BCUT2D eigenvalue weighted by molar-refractivity contribution is -0.143. The van der Waals surface area contributed by atoms with Crippen LogP contribution in [-0.4, -0.2) is 46.1 Å². The molecule has 5 aromatic rings.